The summed E-state index contributed by atoms with van der Waals surface area (Å²) in [6, 6.07) is 4.57. The highest BCUT2D eigenvalue weighted by atomic mass is 32.2. The van der Waals surface area contributed by atoms with Gasteiger partial charge in [0.25, 0.3) is 10.0 Å². The summed E-state index contributed by atoms with van der Waals surface area (Å²) < 4.78 is 43.0. The van der Waals surface area contributed by atoms with Crippen molar-refractivity contribution in [3.8, 4) is 0 Å². The second-order valence-corrected chi connectivity index (χ2v) is 10.5. The van der Waals surface area contributed by atoms with E-state index in [0.717, 1.165) is 0 Å². The smallest absolute Gasteiger partial charge is 0.410 e. The summed E-state index contributed by atoms with van der Waals surface area (Å²) >= 11 is 0. The van der Waals surface area contributed by atoms with E-state index in [1.807, 2.05) is 0 Å². The van der Waals surface area contributed by atoms with Crippen LogP contribution in [0.1, 0.15) is 50.9 Å². The first-order valence-corrected chi connectivity index (χ1v) is 12.1. The molecule has 0 radical (unpaired) electrons. The predicted molar refractivity (Wildman–Crippen MR) is 119 cm³/mol. The molecule has 0 unspecified atom stereocenters. The van der Waals surface area contributed by atoms with Crippen LogP contribution in [-0.2, 0) is 29.0 Å². The van der Waals surface area contributed by atoms with Gasteiger partial charge >= 0.3 is 12.1 Å². The van der Waals surface area contributed by atoms with Gasteiger partial charge in [-0.2, -0.15) is 0 Å². The van der Waals surface area contributed by atoms with Crippen molar-refractivity contribution in [1.29, 1.82) is 0 Å². The third-order valence-electron chi connectivity index (χ3n) is 5.31. The summed E-state index contributed by atoms with van der Waals surface area (Å²) in [4.78, 5) is 38.3. The fraction of sp³-hybridized carbons (Fsp3) is 0.591. The molecule has 0 aliphatic carbocycles. The number of sulfonamides is 1. The first kappa shape index (κ1) is 26.6. The van der Waals surface area contributed by atoms with Crippen LogP contribution in [0.15, 0.2) is 29.2 Å². The van der Waals surface area contributed by atoms with Crippen molar-refractivity contribution in [3.05, 3.63) is 29.8 Å². The van der Waals surface area contributed by atoms with E-state index in [0.29, 0.717) is 19.4 Å². The lowest BCUT2D eigenvalue weighted by atomic mass is 9.95. The summed E-state index contributed by atoms with van der Waals surface area (Å²) in [5.41, 5.74) is -0.494. The van der Waals surface area contributed by atoms with E-state index in [9.17, 15) is 22.8 Å². The van der Waals surface area contributed by atoms with Crippen LogP contribution >= 0.6 is 0 Å². The Balaban J connectivity index is 2.14. The van der Waals surface area contributed by atoms with Crippen molar-refractivity contribution < 1.29 is 37.0 Å². The number of hydrogen-bond acceptors (Lipinski definition) is 8. The summed E-state index contributed by atoms with van der Waals surface area (Å²) in [7, 11) is -1.55. The first-order chi connectivity index (χ1) is 15.3. The van der Waals surface area contributed by atoms with E-state index in [1.54, 1.807) is 27.7 Å². The standard InChI is InChI=1S/C22H32N2O8S/c1-14(18(30-5)17-8-7-13-24(17)21(27)32-22(2,3)4)19(25)23-33(28,29)16-11-9-15(10-12-16)20(26)31-6/h9-12,14,17-18H,7-8,13H2,1-6H3,(H,23,25)/t14-,17+,18-/m1/s1. The molecule has 2 rings (SSSR count). The molecule has 0 saturated carbocycles. The molecule has 1 N–H and O–H groups in total. The lowest BCUT2D eigenvalue weighted by molar-refractivity contribution is -0.128. The van der Waals surface area contributed by atoms with E-state index in [4.69, 9.17) is 9.47 Å². The third-order valence-corrected chi connectivity index (χ3v) is 6.67. The lowest BCUT2D eigenvalue weighted by Gasteiger charge is -2.34. The van der Waals surface area contributed by atoms with Gasteiger partial charge in [0.2, 0.25) is 5.91 Å². The van der Waals surface area contributed by atoms with Crippen molar-refractivity contribution in [3.63, 3.8) is 0 Å². The number of carbonyl (C=O) groups excluding carboxylic acids is 3. The minimum Gasteiger partial charge on any atom is -0.465 e. The minimum absolute atomic E-state index is 0.180. The highest BCUT2D eigenvalue weighted by Gasteiger charge is 2.41. The fourth-order valence-electron chi connectivity index (χ4n) is 3.70. The van der Waals surface area contributed by atoms with E-state index >= 15 is 0 Å². The maximum Gasteiger partial charge on any atom is 0.410 e. The van der Waals surface area contributed by atoms with E-state index in [2.05, 4.69) is 9.46 Å². The molecule has 1 aliphatic rings. The maximum absolute atomic E-state index is 12.8. The Hall–Kier alpha value is -2.66. The molecule has 184 valence electrons. The minimum atomic E-state index is -4.19. The molecule has 10 nitrogen and oxygen atoms in total. The second-order valence-electron chi connectivity index (χ2n) is 8.86. The van der Waals surface area contributed by atoms with Crippen molar-refractivity contribution in [2.45, 2.75) is 63.2 Å². The van der Waals surface area contributed by atoms with Gasteiger partial charge in [-0.1, -0.05) is 6.92 Å². The molecule has 2 amide bonds. The van der Waals surface area contributed by atoms with Gasteiger partial charge in [0.05, 0.1) is 35.6 Å². The topological polar surface area (TPSA) is 128 Å². The van der Waals surface area contributed by atoms with Crippen LogP contribution in [0.5, 0.6) is 0 Å². The van der Waals surface area contributed by atoms with Gasteiger partial charge in [-0.25, -0.2) is 22.7 Å². The van der Waals surface area contributed by atoms with Crippen LogP contribution in [0, 0.1) is 5.92 Å². The van der Waals surface area contributed by atoms with Crippen LogP contribution in [0.25, 0.3) is 0 Å². The number of hydrogen-bond donors (Lipinski definition) is 1. The Bertz CT molecular complexity index is 969. The molecule has 0 spiro atoms. The summed E-state index contributed by atoms with van der Waals surface area (Å²) in [5.74, 6) is -2.26. The van der Waals surface area contributed by atoms with Crippen LogP contribution in [0.2, 0.25) is 0 Å². The number of rotatable bonds is 7. The van der Waals surface area contributed by atoms with Crippen LogP contribution in [0.4, 0.5) is 4.79 Å². The maximum atomic E-state index is 12.8. The number of ether oxygens (including phenoxy) is 3. The number of benzene rings is 1. The van der Waals surface area contributed by atoms with Gasteiger partial charge in [-0.3, -0.25) is 4.79 Å². The third kappa shape index (κ3) is 6.67. The highest BCUT2D eigenvalue weighted by Crippen LogP contribution is 2.28. The molecular formula is C22H32N2O8S. The van der Waals surface area contributed by atoms with Gasteiger partial charge in [0.1, 0.15) is 5.60 Å². The van der Waals surface area contributed by atoms with Crippen LogP contribution in [-0.4, -0.2) is 69.8 Å². The lowest BCUT2D eigenvalue weighted by Crippen LogP contribution is -2.51. The van der Waals surface area contributed by atoms with E-state index < -0.39 is 51.7 Å². The summed E-state index contributed by atoms with van der Waals surface area (Å²) in [6.45, 7) is 7.30. The summed E-state index contributed by atoms with van der Waals surface area (Å²) in [6.07, 6.45) is 0.0648. The molecule has 1 heterocycles. The normalized spacial score (nSPS) is 18.4. The molecule has 1 aliphatic heterocycles. The summed E-state index contributed by atoms with van der Waals surface area (Å²) in [5, 5.41) is 0. The van der Waals surface area contributed by atoms with Crippen molar-refractivity contribution in [2.24, 2.45) is 5.92 Å². The SMILES string of the molecule is COC(=O)c1ccc(S(=O)(=O)NC(=O)[C@H](C)[C@@H](OC)[C@@H]2CCCN2C(=O)OC(C)(C)C)cc1. The van der Waals surface area contributed by atoms with Crippen molar-refractivity contribution in [2.75, 3.05) is 20.8 Å². The molecule has 1 fully saturated rings. The average molecular weight is 485 g/mol. The van der Waals surface area contributed by atoms with Crippen molar-refractivity contribution in [1.82, 2.24) is 9.62 Å². The Kier molecular flexibility index (Phi) is 8.47. The quantitative estimate of drug-likeness (QED) is 0.584. The number of amides is 2. The molecule has 0 aromatic heterocycles. The number of nitrogens with one attached hydrogen (secondary N) is 1. The molecule has 0 bridgehead atoms. The number of nitrogens with zero attached hydrogens (tertiary/aromatic N) is 1. The Morgan fingerprint density at radius 3 is 2.24 bits per heavy atom. The first-order valence-electron chi connectivity index (χ1n) is 10.6. The Morgan fingerprint density at radius 2 is 1.73 bits per heavy atom. The van der Waals surface area contributed by atoms with Gasteiger partial charge in [-0.05, 0) is 57.9 Å². The van der Waals surface area contributed by atoms with Crippen LogP contribution < -0.4 is 4.72 Å². The zero-order valence-electron chi connectivity index (χ0n) is 19.8. The molecule has 3 atom stereocenters. The fourth-order valence-corrected chi connectivity index (χ4v) is 4.76. The number of likely N-dealkylation sites (tertiary alicyclic amines) is 1. The molecule has 1 aromatic carbocycles. The zero-order chi connectivity index (χ0) is 25.0. The number of methoxy groups -OCH3 is 2. The largest absolute Gasteiger partial charge is 0.465 e. The monoisotopic (exact) mass is 484 g/mol. The van der Waals surface area contributed by atoms with E-state index in [1.165, 1.54) is 43.4 Å². The Labute approximate surface area is 194 Å². The molecule has 33 heavy (non-hydrogen) atoms. The number of esters is 1. The molecule has 1 aromatic rings. The van der Waals surface area contributed by atoms with E-state index in [-0.39, 0.29) is 10.5 Å². The van der Waals surface area contributed by atoms with Crippen LogP contribution in [0.3, 0.4) is 0 Å². The number of carbonyl (C=O) groups is 3. The van der Waals surface area contributed by atoms with Gasteiger partial charge < -0.3 is 19.1 Å². The van der Waals surface area contributed by atoms with Gasteiger partial charge in [-0.15, -0.1) is 0 Å². The second kappa shape index (κ2) is 10.5. The molecular weight excluding hydrogens is 452 g/mol. The highest BCUT2D eigenvalue weighted by molar-refractivity contribution is 7.90. The average Bonchev–Trinajstić information content (AvgIpc) is 3.22. The molecule has 1 saturated heterocycles. The molecule has 11 heteroatoms. The van der Waals surface area contributed by atoms with Gasteiger partial charge in [0.15, 0.2) is 0 Å². The van der Waals surface area contributed by atoms with Gasteiger partial charge in [0, 0.05) is 13.7 Å². The Morgan fingerprint density at radius 1 is 1.12 bits per heavy atom. The zero-order valence-corrected chi connectivity index (χ0v) is 20.6. The predicted octanol–water partition coefficient (Wildman–Crippen LogP) is 2.33. The van der Waals surface area contributed by atoms with Crippen molar-refractivity contribution >= 4 is 28.0 Å².